The number of hydrogen-bond donors (Lipinski definition) is 2. The Bertz CT molecular complexity index is 210. The molecule has 0 saturated carbocycles. The highest BCUT2D eigenvalue weighted by Gasteiger charge is 2.47. The summed E-state index contributed by atoms with van der Waals surface area (Å²) >= 11 is 0. The lowest BCUT2D eigenvalue weighted by Gasteiger charge is -2.31. The van der Waals surface area contributed by atoms with Crippen molar-refractivity contribution in [3.05, 3.63) is 0 Å². The van der Waals surface area contributed by atoms with Crippen LogP contribution in [0.1, 0.15) is 12.8 Å². The van der Waals surface area contributed by atoms with Gasteiger partial charge in [-0.25, -0.2) is 0 Å². The zero-order valence-corrected chi connectivity index (χ0v) is 8.12. The maximum atomic E-state index is 12.3. The highest BCUT2D eigenvalue weighted by Crippen LogP contribution is 2.34. The predicted octanol–water partition coefficient (Wildman–Crippen LogP) is 0.824. The van der Waals surface area contributed by atoms with E-state index in [2.05, 4.69) is 5.32 Å². The number of amides is 1. The van der Waals surface area contributed by atoms with Crippen LogP contribution in [0.5, 0.6) is 0 Å². The normalized spacial score (nSPS) is 27.9. The number of carbonyl (C=O) groups excluding carboxylic acids is 1. The van der Waals surface area contributed by atoms with Crippen LogP contribution in [-0.2, 0) is 4.79 Å². The summed E-state index contributed by atoms with van der Waals surface area (Å²) in [5.74, 6) is -2.55. The first-order valence-corrected chi connectivity index (χ1v) is 4.02. The molecule has 0 aromatic carbocycles. The summed E-state index contributed by atoms with van der Waals surface area (Å²) in [6.45, 7) is 0.417. The molecule has 3 nitrogen and oxygen atoms in total. The molecule has 7 heteroatoms. The molecule has 1 rings (SSSR count). The summed E-state index contributed by atoms with van der Waals surface area (Å²) in [4.78, 5) is 10.7. The zero-order valence-electron chi connectivity index (χ0n) is 7.30. The first-order valence-electron chi connectivity index (χ1n) is 4.02. The number of nitrogens with two attached hydrogens (primary N) is 1. The fraction of sp³-hybridized carbons (Fsp3) is 0.857. The minimum atomic E-state index is -4.34. The van der Waals surface area contributed by atoms with Crippen LogP contribution in [0.3, 0.4) is 0 Å². The number of carbonyl (C=O) groups is 1. The van der Waals surface area contributed by atoms with Crippen LogP contribution < -0.4 is 11.1 Å². The zero-order chi connectivity index (χ0) is 10.1. The summed E-state index contributed by atoms with van der Waals surface area (Å²) in [7, 11) is 0. The summed E-state index contributed by atoms with van der Waals surface area (Å²) < 4.78 is 36.9. The molecule has 1 fully saturated rings. The Balaban J connectivity index is 0.00000169. The molecule has 0 bridgehead atoms. The van der Waals surface area contributed by atoms with E-state index in [-0.39, 0.29) is 18.8 Å². The number of hydrogen-bond acceptors (Lipinski definition) is 2. The summed E-state index contributed by atoms with van der Waals surface area (Å²) in [5, 5.41) is 2.48. The summed E-state index contributed by atoms with van der Waals surface area (Å²) in [6.07, 6.45) is -3.94. The van der Waals surface area contributed by atoms with E-state index in [1.54, 1.807) is 0 Å². The first-order chi connectivity index (χ1) is 5.93. The average Bonchev–Trinajstić information content (AvgIpc) is 2.03. The molecule has 1 heterocycles. The number of halogens is 4. The molecule has 2 unspecified atom stereocenters. The Hall–Kier alpha value is -0.490. The molecule has 0 radical (unpaired) electrons. The van der Waals surface area contributed by atoms with E-state index in [0.29, 0.717) is 13.0 Å². The molecule has 1 aliphatic rings. The third-order valence-corrected chi connectivity index (χ3v) is 2.19. The third kappa shape index (κ3) is 3.02. The van der Waals surface area contributed by atoms with Gasteiger partial charge in [0, 0.05) is 0 Å². The fourth-order valence-electron chi connectivity index (χ4n) is 1.54. The molecule has 84 valence electrons. The highest BCUT2D eigenvalue weighted by molar-refractivity contribution is 5.85. The largest absolute Gasteiger partial charge is 0.393 e. The van der Waals surface area contributed by atoms with Crippen molar-refractivity contribution in [3.63, 3.8) is 0 Å². The lowest BCUT2D eigenvalue weighted by molar-refractivity contribution is -0.189. The van der Waals surface area contributed by atoms with Gasteiger partial charge in [0.2, 0.25) is 5.91 Å². The maximum absolute atomic E-state index is 12.3. The van der Waals surface area contributed by atoms with Gasteiger partial charge < -0.3 is 11.1 Å². The minimum absolute atomic E-state index is 0. The number of piperidine rings is 1. The second-order valence-electron chi connectivity index (χ2n) is 3.12. The van der Waals surface area contributed by atoms with Crippen LogP contribution in [0.15, 0.2) is 0 Å². The van der Waals surface area contributed by atoms with Crippen molar-refractivity contribution in [2.75, 3.05) is 6.54 Å². The van der Waals surface area contributed by atoms with Crippen molar-refractivity contribution in [2.24, 2.45) is 11.7 Å². The molecule has 3 N–H and O–H groups in total. The van der Waals surface area contributed by atoms with Crippen molar-refractivity contribution >= 4 is 18.3 Å². The molecule has 0 aromatic heterocycles. The van der Waals surface area contributed by atoms with Crippen molar-refractivity contribution in [2.45, 2.75) is 25.1 Å². The standard InChI is InChI=1S/C7H11F3N2O.ClH/c8-7(9,10)4-2-1-3-12-5(4)6(11)13;/h4-5,12H,1-3H2,(H2,11,13);1H. The van der Waals surface area contributed by atoms with Gasteiger partial charge in [0.25, 0.3) is 0 Å². The predicted molar refractivity (Wildman–Crippen MR) is 47.0 cm³/mol. The molecule has 14 heavy (non-hydrogen) atoms. The SMILES string of the molecule is Cl.NC(=O)C1NCCCC1C(F)(F)F. The van der Waals surface area contributed by atoms with Crippen molar-refractivity contribution in [1.82, 2.24) is 5.32 Å². The summed E-state index contributed by atoms with van der Waals surface area (Å²) in [6, 6.07) is -1.26. The first kappa shape index (κ1) is 13.5. The Morgan fingerprint density at radius 2 is 2.00 bits per heavy atom. The molecular weight excluding hydrogens is 221 g/mol. The molecule has 0 aromatic rings. The van der Waals surface area contributed by atoms with E-state index < -0.39 is 24.0 Å². The Kier molecular flexibility index (Phi) is 4.67. The van der Waals surface area contributed by atoms with Crippen molar-refractivity contribution in [3.8, 4) is 0 Å². The molecule has 2 atom stereocenters. The quantitative estimate of drug-likeness (QED) is 0.704. The molecule has 0 aliphatic carbocycles. The van der Waals surface area contributed by atoms with E-state index in [1.807, 2.05) is 0 Å². The van der Waals surface area contributed by atoms with Gasteiger partial charge in [0.05, 0.1) is 12.0 Å². The molecule has 1 aliphatic heterocycles. The van der Waals surface area contributed by atoms with E-state index in [0.717, 1.165) is 0 Å². The second-order valence-corrected chi connectivity index (χ2v) is 3.12. The van der Waals surface area contributed by atoms with Gasteiger partial charge in [-0.05, 0) is 19.4 Å². The lowest BCUT2D eigenvalue weighted by Crippen LogP contribution is -2.54. The van der Waals surface area contributed by atoms with Crippen molar-refractivity contribution < 1.29 is 18.0 Å². The van der Waals surface area contributed by atoms with Gasteiger partial charge >= 0.3 is 6.18 Å². The van der Waals surface area contributed by atoms with Gasteiger partial charge in [-0.1, -0.05) is 0 Å². The maximum Gasteiger partial charge on any atom is 0.393 e. The van der Waals surface area contributed by atoms with Crippen LogP contribution in [-0.4, -0.2) is 24.7 Å². The molecule has 1 saturated heterocycles. The smallest absolute Gasteiger partial charge is 0.368 e. The average molecular weight is 233 g/mol. The number of alkyl halides is 3. The van der Waals surface area contributed by atoms with Crippen LogP contribution in [0.2, 0.25) is 0 Å². The monoisotopic (exact) mass is 232 g/mol. The molecule has 0 spiro atoms. The Labute approximate surface area is 85.6 Å². The fourth-order valence-corrected chi connectivity index (χ4v) is 1.54. The number of rotatable bonds is 1. The van der Waals surface area contributed by atoms with Gasteiger partial charge in [-0.2, -0.15) is 13.2 Å². The lowest BCUT2D eigenvalue weighted by atomic mass is 9.90. The van der Waals surface area contributed by atoms with Gasteiger partial charge in [0.15, 0.2) is 0 Å². The van der Waals surface area contributed by atoms with Crippen LogP contribution in [0.4, 0.5) is 13.2 Å². The Morgan fingerprint density at radius 1 is 1.43 bits per heavy atom. The topological polar surface area (TPSA) is 55.1 Å². The van der Waals surface area contributed by atoms with Gasteiger partial charge in [-0.3, -0.25) is 4.79 Å². The van der Waals surface area contributed by atoms with E-state index >= 15 is 0 Å². The third-order valence-electron chi connectivity index (χ3n) is 2.19. The van der Waals surface area contributed by atoms with E-state index in [9.17, 15) is 18.0 Å². The highest BCUT2D eigenvalue weighted by atomic mass is 35.5. The number of primary amides is 1. The van der Waals surface area contributed by atoms with Gasteiger partial charge in [-0.15, -0.1) is 12.4 Å². The van der Waals surface area contributed by atoms with E-state index in [1.165, 1.54) is 0 Å². The minimum Gasteiger partial charge on any atom is -0.368 e. The van der Waals surface area contributed by atoms with E-state index in [4.69, 9.17) is 5.73 Å². The van der Waals surface area contributed by atoms with Crippen LogP contribution in [0.25, 0.3) is 0 Å². The second kappa shape index (κ2) is 4.84. The van der Waals surface area contributed by atoms with Crippen LogP contribution >= 0.6 is 12.4 Å². The van der Waals surface area contributed by atoms with Crippen molar-refractivity contribution in [1.29, 1.82) is 0 Å². The molecular formula is C7H12ClF3N2O. The molecule has 1 amide bonds. The summed E-state index contributed by atoms with van der Waals surface area (Å²) in [5.41, 5.74) is 4.85. The number of nitrogens with one attached hydrogen (secondary N) is 1. The van der Waals surface area contributed by atoms with Gasteiger partial charge in [0.1, 0.15) is 0 Å². The Morgan fingerprint density at radius 3 is 2.36 bits per heavy atom. The van der Waals surface area contributed by atoms with Crippen LogP contribution in [0, 0.1) is 5.92 Å².